The molecule has 1 aliphatic rings. The number of nitrogens with one attached hydrogen (secondary N) is 1. The summed E-state index contributed by atoms with van der Waals surface area (Å²) in [5.74, 6) is 0.732. The third kappa shape index (κ3) is 4.25. The van der Waals surface area contributed by atoms with Gasteiger partial charge < -0.3 is 5.32 Å². The number of anilines is 1. The maximum atomic E-state index is 11.9. The Bertz CT molecular complexity index is 516. The molecule has 0 heterocycles. The third-order valence-electron chi connectivity index (χ3n) is 3.88. The number of rotatable bonds is 4. The highest BCUT2D eigenvalue weighted by atomic mass is 35.5. The van der Waals surface area contributed by atoms with Gasteiger partial charge in [0.25, 0.3) is 0 Å². The van der Waals surface area contributed by atoms with Gasteiger partial charge in [0.05, 0.1) is 10.6 Å². The first-order chi connectivity index (χ1) is 9.69. The Labute approximate surface area is 124 Å². The predicted molar refractivity (Wildman–Crippen MR) is 80.6 cm³/mol. The van der Waals surface area contributed by atoms with E-state index in [0.29, 0.717) is 28.6 Å². The van der Waals surface area contributed by atoms with Crippen molar-refractivity contribution in [3.63, 3.8) is 0 Å². The van der Waals surface area contributed by atoms with E-state index in [-0.39, 0.29) is 5.91 Å². The molecule has 1 aromatic carbocycles. The highest BCUT2D eigenvalue weighted by Crippen LogP contribution is 2.27. The molecular weight excluding hydrogens is 272 g/mol. The number of hydrogen-bond donors (Lipinski definition) is 1. The van der Waals surface area contributed by atoms with Crippen LogP contribution in [0.25, 0.3) is 0 Å². The fourth-order valence-electron chi connectivity index (χ4n) is 2.72. The molecule has 1 N–H and O–H groups in total. The van der Waals surface area contributed by atoms with E-state index in [1.165, 1.54) is 32.1 Å². The van der Waals surface area contributed by atoms with Crippen LogP contribution in [-0.2, 0) is 4.79 Å². The summed E-state index contributed by atoms with van der Waals surface area (Å²) >= 11 is 5.94. The van der Waals surface area contributed by atoms with Gasteiger partial charge in [0.2, 0.25) is 5.91 Å². The standard InChI is InChI=1S/C16H19ClN2O/c17-15-10-14(8-7-13(15)11-18)19-16(20)9-6-12-4-2-1-3-5-12/h7-8,10,12H,1-6,9H2,(H,19,20). The first-order valence-corrected chi connectivity index (χ1v) is 7.56. The van der Waals surface area contributed by atoms with E-state index in [2.05, 4.69) is 5.32 Å². The number of carbonyl (C=O) groups is 1. The summed E-state index contributed by atoms with van der Waals surface area (Å²) in [5, 5.41) is 12.0. The summed E-state index contributed by atoms with van der Waals surface area (Å²) in [6, 6.07) is 6.96. The van der Waals surface area contributed by atoms with Gasteiger partial charge in [-0.3, -0.25) is 4.79 Å². The Morgan fingerprint density at radius 3 is 2.75 bits per heavy atom. The van der Waals surface area contributed by atoms with Crippen LogP contribution in [-0.4, -0.2) is 5.91 Å². The van der Waals surface area contributed by atoms with Crippen LogP contribution in [0.15, 0.2) is 18.2 Å². The highest BCUT2D eigenvalue weighted by molar-refractivity contribution is 6.32. The number of nitrogens with zero attached hydrogens (tertiary/aromatic N) is 1. The number of carbonyl (C=O) groups excluding carboxylic acids is 1. The van der Waals surface area contributed by atoms with Crippen LogP contribution in [0.2, 0.25) is 5.02 Å². The van der Waals surface area contributed by atoms with Crippen molar-refractivity contribution in [3.8, 4) is 6.07 Å². The minimum Gasteiger partial charge on any atom is -0.326 e. The lowest BCUT2D eigenvalue weighted by Crippen LogP contribution is -2.14. The molecule has 2 rings (SSSR count). The lowest BCUT2D eigenvalue weighted by Gasteiger charge is -2.21. The summed E-state index contributed by atoms with van der Waals surface area (Å²) in [6.07, 6.45) is 7.99. The molecule has 0 radical (unpaired) electrons. The maximum absolute atomic E-state index is 11.9. The van der Waals surface area contributed by atoms with Crippen LogP contribution in [0.4, 0.5) is 5.69 Å². The summed E-state index contributed by atoms with van der Waals surface area (Å²) in [4.78, 5) is 11.9. The van der Waals surface area contributed by atoms with Gasteiger partial charge in [-0.1, -0.05) is 43.7 Å². The molecule has 4 heteroatoms. The Morgan fingerprint density at radius 2 is 2.10 bits per heavy atom. The zero-order chi connectivity index (χ0) is 14.4. The lowest BCUT2D eigenvalue weighted by molar-refractivity contribution is -0.116. The molecule has 0 atom stereocenters. The summed E-state index contributed by atoms with van der Waals surface area (Å²) in [7, 11) is 0. The van der Waals surface area contributed by atoms with E-state index in [1.54, 1.807) is 18.2 Å². The van der Waals surface area contributed by atoms with E-state index in [9.17, 15) is 4.79 Å². The molecule has 0 aromatic heterocycles. The Hall–Kier alpha value is -1.53. The smallest absolute Gasteiger partial charge is 0.224 e. The van der Waals surface area contributed by atoms with Gasteiger partial charge in [-0.05, 0) is 30.5 Å². The molecule has 1 aliphatic carbocycles. The van der Waals surface area contributed by atoms with Gasteiger partial charge in [0.15, 0.2) is 0 Å². The van der Waals surface area contributed by atoms with E-state index in [4.69, 9.17) is 16.9 Å². The molecule has 1 amide bonds. The average molecular weight is 291 g/mol. The molecule has 1 saturated carbocycles. The van der Waals surface area contributed by atoms with Gasteiger partial charge in [-0.2, -0.15) is 5.26 Å². The van der Waals surface area contributed by atoms with Gasteiger partial charge in [-0.15, -0.1) is 0 Å². The van der Waals surface area contributed by atoms with Crippen molar-refractivity contribution in [2.24, 2.45) is 5.92 Å². The van der Waals surface area contributed by atoms with E-state index in [0.717, 1.165) is 6.42 Å². The topological polar surface area (TPSA) is 52.9 Å². The molecule has 20 heavy (non-hydrogen) atoms. The SMILES string of the molecule is N#Cc1ccc(NC(=O)CCC2CCCCC2)cc1Cl. The lowest BCUT2D eigenvalue weighted by atomic mass is 9.86. The van der Waals surface area contributed by atoms with Crippen LogP contribution < -0.4 is 5.32 Å². The van der Waals surface area contributed by atoms with Crippen LogP contribution in [0, 0.1) is 17.2 Å². The Kier molecular flexibility index (Phi) is 5.43. The molecule has 0 spiro atoms. The molecule has 106 valence electrons. The quantitative estimate of drug-likeness (QED) is 0.887. The Balaban J connectivity index is 1.82. The monoisotopic (exact) mass is 290 g/mol. The summed E-state index contributed by atoms with van der Waals surface area (Å²) in [6.45, 7) is 0. The second-order valence-corrected chi connectivity index (χ2v) is 5.80. The zero-order valence-corrected chi connectivity index (χ0v) is 12.2. The highest BCUT2D eigenvalue weighted by Gasteiger charge is 2.15. The van der Waals surface area contributed by atoms with Gasteiger partial charge in [-0.25, -0.2) is 0 Å². The molecule has 0 saturated heterocycles. The first kappa shape index (κ1) is 14.9. The van der Waals surface area contributed by atoms with Crippen molar-refractivity contribution in [2.75, 3.05) is 5.32 Å². The van der Waals surface area contributed by atoms with Crippen molar-refractivity contribution < 1.29 is 4.79 Å². The summed E-state index contributed by atoms with van der Waals surface area (Å²) < 4.78 is 0. The number of amides is 1. The minimum absolute atomic E-state index is 0.0244. The van der Waals surface area contributed by atoms with Crippen molar-refractivity contribution in [2.45, 2.75) is 44.9 Å². The number of nitriles is 1. The van der Waals surface area contributed by atoms with Crippen LogP contribution >= 0.6 is 11.6 Å². The average Bonchev–Trinajstić information content (AvgIpc) is 2.46. The van der Waals surface area contributed by atoms with E-state index < -0.39 is 0 Å². The Morgan fingerprint density at radius 1 is 1.35 bits per heavy atom. The second kappa shape index (κ2) is 7.31. The predicted octanol–water partition coefficient (Wildman–Crippen LogP) is 4.51. The largest absolute Gasteiger partial charge is 0.326 e. The molecule has 0 unspecified atom stereocenters. The summed E-state index contributed by atoms with van der Waals surface area (Å²) in [5.41, 5.74) is 1.08. The molecule has 1 fully saturated rings. The van der Waals surface area contributed by atoms with E-state index in [1.807, 2.05) is 6.07 Å². The van der Waals surface area contributed by atoms with Crippen molar-refractivity contribution in [1.29, 1.82) is 5.26 Å². The van der Waals surface area contributed by atoms with Crippen LogP contribution in [0.5, 0.6) is 0 Å². The van der Waals surface area contributed by atoms with Gasteiger partial charge in [0.1, 0.15) is 6.07 Å². The molecule has 0 aliphatic heterocycles. The molecule has 3 nitrogen and oxygen atoms in total. The van der Waals surface area contributed by atoms with Crippen molar-refractivity contribution in [1.82, 2.24) is 0 Å². The second-order valence-electron chi connectivity index (χ2n) is 5.40. The number of benzene rings is 1. The fourth-order valence-corrected chi connectivity index (χ4v) is 2.94. The van der Waals surface area contributed by atoms with Crippen LogP contribution in [0.1, 0.15) is 50.5 Å². The molecule has 1 aromatic rings. The normalized spacial score (nSPS) is 15.6. The van der Waals surface area contributed by atoms with Gasteiger partial charge in [0, 0.05) is 12.1 Å². The van der Waals surface area contributed by atoms with E-state index >= 15 is 0 Å². The number of hydrogen-bond acceptors (Lipinski definition) is 2. The van der Waals surface area contributed by atoms with Crippen molar-refractivity contribution >= 4 is 23.2 Å². The first-order valence-electron chi connectivity index (χ1n) is 7.18. The zero-order valence-electron chi connectivity index (χ0n) is 11.5. The van der Waals surface area contributed by atoms with Crippen molar-refractivity contribution in [3.05, 3.63) is 28.8 Å². The maximum Gasteiger partial charge on any atom is 0.224 e. The number of halogens is 1. The minimum atomic E-state index is 0.0244. The third-order valence-corrected chi connectivity index (χ3v) is 4.19. The molecule has 0 bridgehead atoms. The van der Waals surface area contributed by atoms with Crippen LogP contribution in [0.3, 0.4) is 0 Å². The fraction of sp³-hybridized carbons (Fsp3) is 0.500. The van der Waals surface area contributed by atoms with Gasteiger partial charge >= 0.3 is 0 Å². The molecular formula is C16H19ClN2O.